The molecule has 164 valence electrons. The van der Waals surface area contributed by atoms with Crippen LogP contribution < -0.4 is 5.32 Å². The first-order valence-corrected chi connectivity index (χ1v) is 12.0. The molecule has 1 N–H and O–H groups in total. The molecule has 2 aromatic carbocycles. The molecule has 0 aliphatic heterocycles. The van der Waals surface area contributed by atoms with Gasteiger partial charge in [0.25, 0.3) is 5.91 Å². The average Bonchev–Trinajstić information content (AvgIpc) is 3.15. The quantitative estimate of drug-likeness (QED) is 0.327. The Hall–Kier alpha value is -2.83. The Kier molecular flexibility index (Phi) is 7.12. The number of halogens is 1. The van der Waals surface area contributed by atoms with E-state index in [1.54, 1.807) is 18.0 Å². The van der Waals surface area contributed by atoms with Crippen molar-refractivity contribution in [1.82, 2.24) is 19.9 Å². The molecule has 1 atom stereocenters. The van der Waals surface area contributed by atoms with Gasteiger partial charge in [0.05, 0.1) is 23.8 Å². The number of nitrogens with zero attached hydrogens (tertiary/aromatic N) is 3. The summed E-state index contributed by atoms with van der Waals surface area (Å²) in [5.41, 5.74) is 4.81. The fourth-order valence-electron chi connectivity index (χ4n) is 3.34. The number of hydrogen-bond acceptors (Lipinski definition) is 4. The number of benzene rings is 2. The average molecular weight is 465 g/mol. The van der Waals surface area contributed by atoms with Gasteiger partial charge < -0.3 is 9.88 Å². The van der Waals surface area contributed by atoms with Gasteiger partial charge in [-0.25, -0.2) is 4.98 Å². The Balaban J connectivity index is 1.55. The van der Waals surface area contributed by atoms with E-state index in [-0.39, 0.29) is 11.9 Å². The van der Waals surface area contributed by atoms with Gasteiger partial charge in [0.15, 0.2) is 5.16 Å². The van der Waals surface area contributed by atoms with Gasteiger partial charge in [0, 0.05) is 28.6 Å². The monoisotopic (exact) mass is 464 g/mol. The molecule has 1 amide bonds. The van der Waals surface area contributed by atoms with Crippen LogP contribution in [0.25, 0.3) is 11.0 Å². The van der Waals surface area contributed by atoms with Gasteiger partial charge in [0.1, 0.15) is 0 Å². The van der Waals surface area contributed by atoms with Gasteiger partial charge in [-0.3, -0.25) is 9.78 Å². The first kappa shape index (κ1) is 22.4. The zero-order valence-corrected chi connectivity index (χ0v) is 19.7. The molecule has 1 unspecified atom stereocenters. The van der Waals surface area contributed by atoms with Gasteiger partial charge in [-0.05, 0) is 54.8 Å². The Morgan fingerprint density at radius 3 is 2.72 bits per heavy atom. The van der Waals surface area contributed by atoms with Gasteiger partial charge in [-0.2, -0.15) is 0 Å². The van der Waals surface area contributed by atoms with E-state index in [4.69, 9.17) is 16.6 Å². The van der Waals surface area contributed by atoms with Crippen molar-refractivity contribution < 1.29 is 4.79 Å². The standard InChI is InChI=1S/C25H25ClN4OS/c1-3-17(2)28-24(31)20-9-7-18(8-10-20)15-30-23-14-27-12-11-22(23)29-25(30)32-16-19-5-4-6-21(26)13-19/h4-14,17H,3,15-16H2,1-2H3,(H,28,31). The van der Waals surface area contributed by atoms with Crippen molar-refractivity contribution in [3.8, 4) is 0 Å². The van der Waals surface area contributed by atoms with E-state index in [1.165, 1.54) is 0 Å². The van der Waals surface area contributed by atoms with E-state index in [0.29, 0.717) is 12.1 Å². The normalized spacial score (nSPS) is 12.1. The van der Waals surface area contributed by atoms with E-state index in [9.17, 15) is 4.79 Å². The summed E-state index contributed by atoms with van der Waals surface area (Å²) in [6.07, 6.45) is 4.51. The van der Waals surface area contributed by atoms with Crippen molar-refractivity contribution in [2.75, 3.05) is 0 Å². The van der Waals surface area contributed by atoms with Gasteiger partial charge >= 0.3 is 0 Å². The number of rotatable bonds is 8. The summed E-state index contributed by atoms with van der Waals surface area (Å²) in [5.74, 6) is 0.729. The minimum atomic E-state index is -0.0408. The van der Waals surface area contributed by atoms with E-state index < -0.39 is 0 Å². The number of imidazole rings is 1. The second-order valence-corrected chi connectivity index (χ2v) is 9.12. The predicted octanol–water partition coefficient (Wildman–Crippen LogP) is 5.95. The zero-order valence-electron chi connectivity index (χ0n) is 18.1. The minimum absolute atomic E-state index is 0.0408. The Morgan fingerprint density at radius 2 is 1.97 bits per heavy atom. The molecule has 2 aromatic heterocycles. The largest absolute Gasteiger partial charge is 0.350 e. The second-order valence-electron chi connectivity index (χ2n) is 7.74. The summed E-state index contributed by atoms with van der Waals surface area (Å²) in [7, 11) is 0. The molecule has 7 heteroatoms. The van der Waals surface area contributed by atoms with Crippen molar-refractivity contribution >= 4 is 40.3 Å². The molecule has 2 heterocycles. The Bertz CT molecular complexity index is 1220. The van der Waals surface area contributed by atoms with Gasteiger partial charge in [0.2, 0.25) is 0 Å². The lowest BCUT2D eigenvalue weighted by Crippen LogP contribution is -2.31. The number of hydrogen-bond donors (Lipinski definition) is 1. The highest BCUT2D eigenvalue weighted by Gasteiger charge is 2.13. The highest BCUT2D eigenvalue weighted by atomic mass is 35.5. The summed E-state index contributed by atoms with van der Waals surface area (Å²) in [5, 5.41) is 4.66. The maximum atomic E-state index is 12.4. The smallest absolute Gasteiger partial charge is 0.251 e. The number of nitrogens with one attached hydrogen (secondary N) is 1. The summed E-state index contributed by atoms with van der Waals surface area (Å²) < 4.78 is 2.17. The SMILES string of the molecule is CCC(C)NC(=O)c1ccc(Cn2c(SCc3cccc(Cl)c3)nc3ccncc32)cc1. The number of aromatic nitrogens is 3. The molecule has 0 spiro atoms. The predicted molar refractivity (Wildman–Crippen MR) is 131 cm³/mol. The summed E-state index contributed by atoms with van der Waals surface area (Å²) in [6, 6.07) is 17.7. The van der Waals surface area contributed by atoms with E-state index >= 15 is 0 Å². The van der Waals surface area contributed by atoms with Crippen LogP contribution >= 0.6 is 23.4 Å². The molecule has 32 heavy (non-hydrogen) atoms. The number of amides is 1. The zero-order chi connectivity index (χ0) is 22.5. The van der Waals surface area contributed by atoms with Crippen LogP contribution in [0.3, 0.4) is 0 Å². The molecule has 0 saturated heterocycles. The molecule has 0 fully saturated rings. The third kappa shape index (κ3) is 5.31. The van der Waals surface area contributed by atoms with Gasteiger partial charge in [-0.1, -0.05) is 54.6 Å². The van der Waals surface area contributed by atoms with Gasteiger partial charge in [-0.15, -0.1) is 0 Å². The lowest BCUT2D eigenvalue weighted by Gasteiger charge is -2.12. The van der Waals surface area contributed by atoms with Crippen LogP contribution in [-0.4, -0.2) is 26.5 Å². The molecule has 4 rings (SSSR count). The van der Waals surface area contributed by atoms with Crippen LogP contribution in [0, 0.1) is 0 Å². The van der Waals surface area contributed by atoms with Crippen molar-refractivity contribution in [3.05, 3.63) is 88.7 Å². The van der Waals surface area contributed by atoms with Crippen LogP contribution in [0.2, 0.25) is 5.02 Å². The molecular weight excluding hydrogens is 440 g/mol. The molecule has 0 aliphatic carbocycles. The Morgan fingerprint density at radius 1 is 1.16 bits per heavy atom. The molecule has 4 aromatic rings. The highest BCUT2D eigenvalue weighted by molar-refractivity contribution is 7.98. The minimum Gasteiger partial charge on any atom is -0.350 e. The molecule has 0 radical (unpaired) electrons. The number of pyridine rings is 1. The highest BCUT2D eigenvalue weighted by Crippen LogP contribution is 2.28. The lowest BCUT2D eigenvalue weighted by molar-refractivity contribution is 0.0939. The van der Waals surface area contributed by atoms with Crippen LogP contribution in [0.5, 0.6) is 0 Å². The van der Waals surface area contributed by atoms with Crippen molar-refractivity contribution in [3.63, 3.8) is 0 Å². The molecule has 0 aliphatic rings. The molecular formula is C25H25ClN4OS. The number of fused-ring (bicyclic) bond motifs is 1. The molecule has 0 saturated carbocycles. The van der Waals surface area contributed by atoms with Crippen molar-refractivity contribution in [2.45, 2.75) is 43.8 Å². The molecule has 5 nitrogen and oxygen atoms in total. The number of carbonyl (C=O) groups excluding carboxylic acids is 1. The maximum absolute atomic E-state index is 12.4. The topological polar surface area (TPSA) is 59.8 Å². The third-order valence-electron chi connectivity index (χ3n) is 5.32. The molecule has 0 bridgehead atoms. The van der Waals surface area contributed by atoms with Crippen molar-refractivity contribution in [1.29, 1.82) is 0 Å². The fourth-order valence-corrected chi connectivity index (χ4v) is 4.51. The Labute approximate surface area is 197 Å². The summed E-state index contributed by atoms with van der Waals surface area (Å²) in [4.78, 5) is 21.5. The maximum Gasteiger partial charge on any atom is 0.251 e. The van der Waals surface area contributed by atoms with Crippen molar-refractivity contribution in [2.24, 2.45) is 0 Å². The summed E-state index contributed by atoms with van der Waals surface area (Å²) >= 11 is 7.81. The number of carbonyl (C=O) groups is 1. The van der Waals surface area contributed by atoms with E-state index in [1.807, 2.05) is 61.7 Å². The second kappa shape index (κ2) is 10.2. The number of thioether (sulfide) groups is 1. The first-order chi connectivity index (χ1) is 15.5. The van der Waals surface area contributed by atoms with E-state index in [2.05, 4.69) is 27.9 Å². The fraction of sp³-hybridized carbons (Fsp3) is 0.240. The summed E-state index contributed by atoms with van der Waals surface area (Å²) in [6.45, 7) is 4.71. The van der Waals surface area contributed by atoms with Crippen LogP contribution in [0.4, 0.5) is 0 Å². The van der Waals surface area contributed by atoms with Crippen LogP contribution in [-0.2, 0) is 12.3 Å². The lowest BCUT2D eigenvalue weighted by atomic mass is 10.1. The first-order valence-electron chi connectivity index (χ1n) is 10.6. The van der Waals surface area contributed by atoms with Crippen LogP contribution in [0.15, 0.2) is 72.1 Å². The third-order valence-corrected chi connectivity index (χ3v) is 6.60. The van der Waals surface area contributed by atoms with Crippen LogP contribution in [0.1, 0.15) is 41.8 Å². The van der Waals surface area contributed by atoms with E-state index in [0.717, 1.165) is 44.5 Å².